The Morgan fingerprint density at radius 3 is 2.95 bits per heavy atom. The van der Waals surface area contributed by atoms with Crippen LogP contribution in [-0.2, 0) is 6.42 Å². The van der Waals surface area contributed by atoms with Gasteiger partial charge in [0.1, 0.15) is 0 Å². The molecule has 0 spiro atoms. The Kier molecular flexibility index (Phi) is 3.54. The van der Waals surface area contributed by atoms with Gasteiger partial charge in [0.15, 0.2) is 0 Å². The van der Waals surface area contributed by atoms with E-state index < -0.39 is 6.09 Å². The number of hydrogen-bond donors (Lipinski definition) is 2. The van der Waals surface area contributed by atoms with Crippen molar-refractivity contribution in [2.75, 3.05) is 0 Å². The maximum atomic E-state index is 10.8. The molecule has 4 heteroatoms. The second-order valence-electron chi connectivity index (χ2n) is 5.45. The molecule has 104 valence electrons. The van der Waals surface area contributed by atoms with Crippen molar-refractivity contribution < 1.29 is 9.90 Å². The fraction of sp³-hybridized carbons (Fsp3) is 0.375. The van der Waals surface area contributed by atoms with Gasteiger partial charge in [-0.25, -0.2) is 4.79 Å². The maximum Gasteiger partial charge on any atom is 0.404 e. The quantitative estimate of drug-likeness (QED) is 0.900. The average Bonchev–Trinajstić information content (AvgIpc) is 2.85. The molecule has 0 aliphatic heterocycles. The zero-order valence-electron chi connectivity index (χ0n) is 11.2. The highest BCUT2D eigenvalue weighted by molar-refractivity contribution is 5.78. The monoisotopic (exact) mass is 270 g/mol. The van der Waals surface area contributed by atoms with Crippen molar-refractivity contribution >= 4 is 17.0 Å². The zero-order chi connectivity index (χ0) is 13.9. The summed E-state index contributed by atoms with van der Waals surface area (Å²) in [7, 11) is 0. The minimum absolute atomic E-state index is 0.0702. The summed E-state index contributed by atoms with van der Waals surface area (Å²) in [5.41, 5.74) is 2.05. The lowest BCUT2D eigenvalue weighted by Crippen LogP contribution is -2.37. The predicted octanol–water partition coefficient (Wildman–Crippen LogP) is 3.21. The minimum atomic E-state index is -0.923. The number of pyridine rings is 1. The molecule has 1 saturated carbocycles. The molecule has 0 saturated heterocycles. The van der Waals surface area contributed by atoms with E-state index >= 15 is 0 Å². The summed E-state index contributed by atoms with van der Waals surface area (Å²) in [6, 6.07) is 12.3. The Morgan fingerprint density at radius 2 is 2.10 bits per heavy atom. The van der Waals surface area contributed by atoms with Gasteiger partial charge in [-0.2, -0.15) is 0 Å². The van der Waals surface area contributed by atoms with Gasteiger partial charge in [0.05, 0.1) is 5.52 Å². The van der Waals surface area contributed by atoms with Crippen LogP contribution in [0.1, 0.15) is 25.0 Å². The first-order chi connectivity index (χ1) is 9.72. The lowest BCUT2D eigenvalue weighted by atomic mass is 9.97. The summed E-state index contributed by atoms with van der Waals surface area (Å²) in [5.74, 6) is 0.361. The zero-order valence-corrected chi connectivity index (χ0v) is 11.2. The second kappa shape index (κ2) is 5.49. The number of fused-ring (bicyclic) bond motifs is 1. The Bertz CT molecular complexity index is 627. The molecule has 1 fully saturated rings. The highest BCUT2D eigenvalue weighted by atomic mass is 16.4. The third kappa shape index (κ3) is 2.74. The van der Waals surface area contributed by atoms with Crippen LogP contribution >= 0.6 is 0 Å². The van der Waals surface area contributed by atoms with E-state index in [9.17, 15) is 4.79 Å². The Balaban J connectivity index is 1.76. The van der Waals surface area contributed by atoms with E-state index in [0.717, 1.165) is 42.3 Å². The SMILES string of the molecule is O=C(O)NC1CCCC1Cc1ccc2ccccc2n1. The summed E-state index contributed by atoms with van der Waals surface area (Å²) in [6.07, 6.45) is 3.01. The van der Waals surface area contributed by atoms with Crippen molar-refractivity contribution in [2.45, 2.75) is 31.7 Å². The molecule has 2 unspecified atom stereocenters. The number of amides is 1. The number of para-hydroxylation sites is 1. The van der Waals surface area contributed by atoms with Gasteiger partial charge < -0.3 is 10.4 Å². The number of hydrogen-bond acceptors (Lipinski definition) is 2. The average molecular weight is 270 g/mol. The van der Waals surface area contributed by atoms with Gasteiger partial charge in [0, 0.05) is 17.1 Å². The Morgan fingerprint density at radius 1 is 1.25 bits per heavy atom. The molecule has 4 nitrogen and oxygen atoms in total. The van der Waals surface area contributed by atoms with Crippen molar-refractivity contribution in [1.29, 1.82) is 0 Å². The molecule has 20 heavy (non-hydrogen) atoms. The van der Waals surface area contributed by atoms with Gasteiger partial charge >= 0.3 is 6.09 Å². The Hall–Kier alpha value is -2.10. The van der Waals surface area contributed by atoms with E-state index in [1.807, 2.05) is 18.2 Å². The van der Waals surface area contributed by atoms with E-state index in [2.05, 4.69) is 28.5 Å². The Labute approximate surface area is 117 Å². The van der Waals surface area contributed by atoms with Crippen molar-refractivity contribution in [3.8, 4) is 0 Å². The first kappa shape index (κ1) is 12.9. The summed E-state index contributed by atoms with van der Waals surface area (Å²) in [6.45, 7) is 0. The van der Waals surface area contributed by atoms with Gasteiger partial charge in [0.25, 0.3) is 0 Å². The van der Waals surface area contributed by atoms with Gasteiger partial charge in [-0.15, -0.1) is 0 Å². The summed E-state index contributed by atoms with van der Waals surface area (Å²) >= 11 is 0. The van der Waals surface area contributed by atoms with Crippen LogP contribution in [0.3, 0.4) is 0 Å². The lowest BCUT2D eigenvalue weighted by Gasteiger charge is -2.19. The number of nitrogens with one attached hydrogen (secondary N) is 1. The molecule has 3 rings (SSSR count). The van der Waals surface area contributed by atoms with E-state index in [1.165, 1.54) is 0 Å². The molecule has 0 radical (unpaired) electrons. The number of carbonyl (C=O) groups is 1. The summed E-state index contributed by atoms with van der Waals surface area (Å²) < 4.78 is 0. The van der Waals surface area contributed by atoms with Crippen LogP contribution < -0.4 is 5.32 Å². The molecule has 0 bridgehead atoms. The fourth-order valence-electron chi connectivity index (χ4n) is 3.12. The van der Waals surface area contributed by atoms with Crippen LogP contribution in [0.15, 0.2) is 36.4 Å². The molecule has 1 aliphatic rings. The largest absolute Gasteiger partial charge is 0.465 e. The minimum Gasteiger partial charge on any atom is -0.465 e. The van der Waals surface area contributed by atoms with Crippen LogP contribution in [-0.4, -0.2) is 22.2 Å². The van der Waals surface area contributed by atoms with Crippen molar-refractivity contribution in [3.05, 3.63) is 42.1 Å². The van der Waals surface area contributed by atoms with Crippen LogP contribution in [0.25, 0.3) is 10.9 Å². The topological polar surface area (TPSA) is 62.2 Å². The number of carboxylic acid groups (broad SMARTS) is 1. The van der Waals surface area contributed by atoms with E-state index in [4.69, 9.17) is 5.11 Å². The molecule has 2 atom stereocenters. The smallest absolute Gasteiger partial charge is 0.404 e. The van der Waals surface area contributed by atoms with E-state index in [0.29, 0.717) is 5.92 Å². The molecule has 1 aromatic heterocycles. The van der Waals surface area contributed by atoms with Gasteiger partial charge in [-0.05, 0) is 37.3 Å². The standard InChI is InChI=1S/C16H18N2O2/c19-16(20)18-15-7-3-5-12(15)10-13-9-8-11-4-1-2-6-14(11)17-13/h1-2,4,6,8-9,12,15,18H,3,5,7,10H2,(H,19,20). The predicted molar refractivity (Wildman–Crippen MR) is 77.7 cm³/mol. The molecule has 1 aromatic carbocycles. The molecule has 1 amide bonds. The van der Waals surface area contributed by atoms with Crippen molar-refractivity contribution in [1.82, 2.24) is 10.3 Å². The number of aromatic nitrogens is 1. The van der Waals surface area contributed by atoms with Crippen LogP contribution in [0.4, 0.5) is 4.79 Å². The van der Waals surface area contributed by atoms with Crippen LogP contribution in [0, 0.1) is 5.92 Å². The third-order valence-electron chi connectivity index (χ3n) is 4.10. The molecule has 1 aliphatic carbocycles. The second-order valence-corrected chi connectivity index (χ2v) is 5.45. The van der Waals surface area contributed by atoms with Crippen molar-refractivity contribution in [2.24, 2.45) is 5.92 Å². The number of benzene rings is 1. The first-order valence-electron chi connectivity index (χ1n) is 7.06. The lowest BCUT2D eigenvalue weighted by molar-refractivity contribution is 0.186. The summed E-state index contributed by atoms with van der Waals surface area (Å²) in [4.78, 5) is 15.5. The normalized spacial score (nSPS) is 22.0. The molecular weight excluding hydrogens is 252 g/mol. The third-order valence-corrected chi connectivity index (χ3v) is 4.10. The maximum absolute atomic E-state index is 10.8. The highest BCUT2D eigenvalue weighted by Crippen LogP contribution is 2.28. The van der Waals surface area contributed by atoms with Gasteiger partial charge in [-0.1, -0.05) is 30.7 Å². The summed E-state index contributed by atoms with van der Waals surface area (Å²) in [5, 5.41) is 12.7. The molecule has 2 N–H and O–H groups in total. The first-order valence-corrected chi connectivity index (χ1v) is 7.06. The van der Waals surface area contributed by atoms with Gasteiger partial charge in [-0.3, -0.25) is 4.98 Å². The highest BCUT2D eigenvalue weighted by Gasteiger charge is 2.28. The number of nitrogens with zero attached hydrogens (tertiary/aromatic N) is 1. The number of rotatable bonds is 3. The van der Waals surface area contributed by atoms with Crippen LogP contribution in [0.2, 0.25) is 0 Å². The van der Waals surface area contributed by atoms with Gasteiger partial charge in [0.2, 0.25) is 0 Å². The molecular formula is C16H18N2O2. The molecule has 2 aromatic rings. The van der Waals surface area contributed by atoms with E-state index in [1.54, 1.807) is 0 Å². The van der Waals surface area contributed by atoms with Crippen LogP contribution in [0.5, 0.6) is 0 Å². The van der Waals surface area contributed by atoms with E-state index in [-0.39, 0.29) is 6.04 Å². The van der Waals surface area contributed by atoms with Crippen molar-refractivity contribution in [3.63, 3.8) is 0 Å². The molecule has 1 heterocycles. The fourth-order valence-corrected chi connectivity index (χ4v) is 3.12.